The van der Waals surface area contributed by atoms with E-state index >= 15 is 0 Å². The third-order valence-corrected chi connectivity index (χ3v) is 5.75. The first-order valence-electron chi connectivity index (χ1n) is 9.15. The van der Waals surface area contributed by atoms with E-state index in [1.165, 1.54) is 36.4 Å². The van der Waals surface area contributed by atoms with Gasteiger partial charge in [-0.3, -0.25) is 9.59 Å². The van der Waals surface area contributed by atoms with Gasteiger partial charge >= 0.3 is 0 Å². The molecule has 0 unspecified atom stereocenters. The number of benzene rings is 2. The van der Waals surface area contributed by atoms with Gasteiger partial charge in [0.15, 0.2) is 0 Å². The molecule has 0 radical (unpaired) electrons. The molecule has 30 heavy (non-hydrogen) atoms. The number of hydrogen-bond acceptors (Lipinski definition) is 4. The van der Waals surface area contributed by atoms with Gasteiger partial charge in [0.25, 0.3) is 11.5 Å². The number of aromatic nitrogens is 1. The number of nitrogens with zero attached hydrogens (tertiary/aromatic N) is 1. The predicted octanol–water partition coefficient (Wildman–Crippen LogP) is 2.61. The zero-order chi connectivity index (χ0) is 21.6. The molecule has 1 aromatic heterocycles. The highest BCUT2D eigenvalue weighted by molar-refractivity contribution is 7.89. The summed E-state index contributed by atoms with van der Waals surface area (Å²) in [4.78, 5) is 24.3. The average molecular weight is 423 g/mol. The summed E-state index contributed by atoms with van der Waals surface area (Å²) in [7, 11) is -3.63. The van der Waals surface area contributed by atoms with E-state index in [0.29, 0.717) is 17.8 Å². The summed E-state index contributed by atoms with van der Waals surface area (Å²) in [5.74, 6) is -0.356. The minimum Gasteiger partial charge on any atom is -0.322 e. The Hall–Kier alpha value is -3.49. The fraction of sp³-hybridized carbons (Fsp3) is 0.0909. The van der Waals surface area contributed by atoms with Crippen molar-refractivity contribution in [3.63, 3.8) is 0 Å². The van der Waals surface area contributed by atoms with Crippen LogP contribution in [0.3, 0.4) is 0 Å². The summed E-state index contributed by atoms with van der Waals surface area (Å²) >= 11 is 0. The number of nitrogens with one attached hydrogen (secondary N) is 2. The second-order valence-electron chi connectivity index (χ2n) is 6.48. The molecule has 0 saturated heterocycles. The van der Waals surface area contributed by atoms with E-state index in [2.05, 4.69) is 16.6 Å². The van der Waals surface area contributed by atoms with Gasteiger partial charge in [0.1, 0.15) is 0 Å². The molecule has 2 aromatic carbocycles. The summed E-state index contributed by atoms with van der Waals surface area (Å²) in [6, 6.07) is 17.8. The first-order valence-corrected chi connectivity index (χ1v) is 10.6. The molecule has 7 nitrogen and oxygen atoms in total. The molecule has 8 heteroatoms. The second-order valence-corrected chi connectivity index (χ2v) is 8.25. The fourth-order valence-corrected chi connectivity index (χ4v) is 3.72. The Kier molecular flexibility index (Phi) is 6.61. The zero-order valence-electron chi connectivity index (χ0n) is 16.1. The Bertz CT molecular complexity index is 1200. The van der Waals surface area contributed by atoms with Crippen molar-refractivity contribution in [1.29, 1.82) is 0 Å². The third-order valence-electron chi connectivity index (χ3n) is 4.31. The van der Waals surface area contributed by atoms with Gasteiger partial charge in [0.05, 0.1) is 11.4 Å². The van der Waals surface area contributed by atoms with Crippen LogP contribution in [0.4, 0.5) is 5.69 Å². The number of amides is 1. The lowest BCUT2D eigenvalue weighted by molar-refractivity contribution is 0.102. The van der Waals surface area contributed by atoms with Crippen LogP contribution in [0, 0.1) is 0 Å². The quantitative estimate of drug-likeness (QED) is 0.544. The van der Waals surface area contributed by atoms with E-state index in [1.807, 2.05) is 12.1 Å². The highest BCUT2D eigenvalue weighted by atomic mass is 32.2. The van der Waals surface area contributed by atoms with Gasteiger partial charge < -0.3 is 9.88 Å². The monoisotopic (exact) mass is 423 g/mol. The summed E-state index contributed by atoms with van der Waals surface area (Å²) < 4.78 is 28.1. The van der Waals surface area contributed by atoms with E-state index in [9.17, 15) is 18.0 Å². The van der Waals surface area contributed by atoms with Crippen molar-refractivity contribution < 1.29 is 13.2 Å². The van der Waals surface area contributed by atoms with Crippen LogP contribution in [0.2, 0.25) is 0 Å². The summed E-state index contributed by atoms with van der Waals surface area (Å²) in [6.07, 6.45) is 3.16. The molecule has 0 spiro atoms. The molecular formula is C22H21N3O4S. The van der Waals surface area contributed by atoms with Crippen molar-refractivity contribution in [2.24, 2.45) is 0 Å². The number of carbonyl (C=O) groups excluding carboxylic acids is 1. The molecule has 0 atom stereocenters. The summed E-state index contributed by atoms with van der Waals surface area (Å²) in [5.41, 5.74) is 1.76. The molecule has 154 valence electrons. The fourth-order valence-electron chi connectivity index (χ4n) is 2.72. The van der Waals surface area contributed by atoms with Crippen LogP contribution < -0.4 is 15.6 Å². The van der Waals surface area contributed by atoms with Gasteiger partial charge in [-0.15, -0.1) is 6.58 Å². The highest BCUT2D eigenvalue weighted by Crippen LogP contribution is 2.14. The molecule has 1 heterocycles. The highest BCUT2D eigenvalue weighted by Gasteiger charge is 2.14. The van der Waals surface area contributed by atoms with Gasteiger partial charge in [-0.1, -0.05) is 24.3 Å². The van der Waals surface area contributed by atoms with Crippen molar-refractivity contribution in [2.45, 2.75) is 11.4 Å². The molecule has 2 N–H and O–H groups in total. The topological polar surface area (TPSA) is 97.3 Å². The molecule has 0 fully saturated rings. The van der Waals surface area contributed by atoms with Crippen molar-refractivity contribution in [3.05, 3.63) is 107 Å². The van der Waals surface area contributed by atoms with Crippen molar-refractivity contribution in [2.75, 3.05) is 11.9 Å². The van der Waals surface area contributed by atoms with Gasteiger partial charge in [-0.25, -0.2) is 13.1 Å². The van der Waals surface area contributed by atoms with Gasteiger partial charge in [0, 0.05) is 30.1 Å². The van der Waals surface area contributed by atoms with Crippen molar-refractivity contribution in [1.82, 2.24) is 9.29 Å². The Balaban J connectivity index is 1.65. The number of sulfonamides is 1. The lowest BCUT2D eigenvalue weighted by Gasteiger charge is -2.09. The van der Waals surface area contributed by atoms with E-state index in [0.717, 1.165) is 5.56 Å². The molecule has 0 aliphatic rings. The number of hydrogen-bond donors (Lipinski definition) is 2. The standard InChI is InChI=1S/C22H21N3O4S/c1-2-14-23-30(28,29)20-12-8-18(9-13-20)22(27)24-19-10-6-17(7-11-19)16-25-15-4-3-5-21(25)26/h2-13,15,23H,1,14,16H2,(H,24,27). The maximum absolute atomic E-state index is 12.4. The third kappa shape index (κ3) is 5.31. The molecular weight excluding hydrogens is 402 g/mol. The van der Waals surface area contributed by atoms with Gasteiger partial charge in [-0.2, -0.15) is 0 Å². The Morgan fingerprint density at radius 1 is 1.00 bits per heavy atom. The largest absolute Gasteiger partial charge is 0.322 e. The maximum atomic E-state index is 12.4. The SMILES string of the molecule is C=CCNS(=O)(=O)c1ccc(C(=O)Nc2ccc(Cn3ccccc3=O)cc2)cc1. The minimum atomic E-state index is -3.63. The van der Waals surface area contributed by atoms with Crippen LogP contribution in [-0.2, 0) is 16.6 Å². The van der Waals surface area contributed by atoms with E-state index in [-0.39, 0.29) is 22.9 Å². The van der Waals surface area contributed by atoms with Crippen LogP contribution in [0.5, 0.6) is 0 Å². The number of carbonyl (C=O) groups is 1. The van der Waals surface area contributed by atoms with Crippen molar-refractivity contribution >= 4 is 21.6 Å². The number of anilines is 1. The first-order chi connectivity index (χ1) is 14.4. The molecule has 3 aromatic rings. The average Bonchev–Trinajstić information content (AvgIpc) is 2.75. The zero-order valence-corrected chi connectivity index (χ0v) is 16.9. The first kappa shape index (κ1) is 21.2. The van der Waals surface area contributed by atoms with Crippen LogP contribution >= 0.6 is 0 Å². The summed E-state index contributed by atoms with van der Waals surface area (Å²) in [6.45, 7) is 4.03. The van der Waals surface area contributed by atoms with E-state index in [1.54, 1.807) is 35.0 Å². The van der Waals surface area contributed by atoms with Gasteiger partial charge in [0.2, 0.25) is 10.0 Å². The smallest absolute Gasteiger partial charge is 0.255 e. The Morgan fingerprint density at radius 2 is 1.70 bits per heavy atom. The second kappa shape index (κ2) is 9.34. The van der Waals surface area contributed by atoms with Crippen molar-refractivity contribution in [3.8, 4) is 0 Å². The lowest BCUT2D eigenvalue weighted by Crippen LogP contribution is -2.23. The van der Waals surface area contributed by atoms with E-state index < -0.39 is 10.0 Å². The Labute approximate surface area is 174 Å². The normalized spacial score (nSPS) is 11.1. The van der Waals surface area contributed by atoms with Crippen LogP contribution in [-0.4, -0.2) is 25.4 Å². The molecule has 0 aliphatic carbocycles. The Morgan fingerprint density at radius 3 is 2.33 bits per heavy atom. The van der Waals surface area contributed by atoms with Crippen LogP contribution in [0.15, 0.2) is 95.3 Å². The maximum Gasteiger partial charge on any atom is 0.255 e. The minimum absolute atomic E-state index is 0.0707. The predicted molar refractivity (Wildman–Crippen MR) is 116 cm³/mol. The lowest BCUT2D eigenvalue weighted by atomic mass is 10.1. The van der Waals surface area contributed by atoms with Gasteiger partial charge in [-0.05, 0) is 48.0 Å². The summed E-state index contributed by atoms with van der Waals surface area (Å²) in [5, 5.41) is 2.77. The van der Waals surface area contributed by atoms with E-state index in [4.69, 9.17) is 0 Å². The number of rotatable bonds is 8. The molecule has 0 saturated carbocycles. The molecule has 1 amide bonds. The molecule has 3 rings (SSSR count). The molecule has 0 bridgehead atoms. The number of pyridine rings is 1. The van der Waals surface area contributed by atoms with Crippen LogP contribution in [0.25, 0.3) is 0 Å². The molecule has 0 aliphatic heterocycles. The van der Waals surface area contributed by atoms with Crippen LogP contribution in [0.1, 0.15) is 15.9 Å².